The van der Waals surface area contributed by atoms with Crippen LogP contribution in [-0.4, -0.2) is 4.98 Å². The van der Waals surface area contributed by atoms with Crippen LogP contribution in [0.1, 0.15) is 11.1 Å². The van der Waals surface area contributed by atoms with Gasteiger partial charge in [-0.3, -0.25) is 0 Å². The van der Waals surface area contributed by atoms with Gasteiger partial charge in [0.25, 0.3) is 0 Å². The molecule has 0 unspecified atom stereocenters. The third kappa shape index (κ3) is 1.37. The second-order valence-corrected chi connectivity index (χ2v) is 2.64. The van der Waals surface area contributed by atoms with E-state index in [-0.39, 0.29) is 27.3 Å². The Morgan fingerprint density at radius 1 is 1.69 bits per heavy atom. The molecule has 1 aromatic rings. The van der Waals surface area contributed by atoms with Crippen molar-refractivity contribution in [2.45, 2.75) is 0 Å². The lowest BCUT2D eigenvalue weighted by Gasteiger charge is -2.03. The first-order valence-corrected chi connectivity index (χ1v) is 3.61. The fourth-order valence-corrected chi connectivity index (χ4v) is 1.13. The number of nitrogen functional groups attached to an aromatic ring is 1. The summed E-state index contributed by atoms with van der Waals surface area (Å²) in [5, 5.41) is 8.65. The summed E-state index contributed by atoms with van der Waals surface area (Å²) in [6, 6.07) is 1.81. The van der Waals surface area contributed by atoms with Crippen molar-refractivity contribution in [3.05, 3.63) is 34.1 Å². The molecular weight excluding hydrogens is 184 g/mol. The second-order valence-electron chi connectivity index (χ2n) is 2.23. The Labute approximate surface area is 80.4 Å². The van der Waals surface area contributed by atoms with Gasteiger partial charge >= 0.3 is 0 Å². The topological polar surface area (TPSA) is 70.0 Å². The molecule has 1 rings (SSSR count). The van der Waals surface area contributed by atoms with E-state index < -0.39 is 0 Å². The van der Waals surface area contributed by atoms with Crippen LogP contribution in [-0.2, 0) is 0 Å². The number of aromatic nitrogens is 1. The molecule has 0 bridgehead atoms. The Morgan fingerprint density at radius 2 is 2.31 bits per heavy atom. The van der Waals surface area contributed by atoms with Crippen molar-refractivity contribution in [3.8, 4) is 6.07 Å². The molecule has 3 N–H and O–H groups in total. The highest BCUT2D eigenvalue weighted by atomic mass is 32.1. The minimum atomic E-state index is 0.0405. The molecule has 1 aromatic heterocycles. The molecule has 0 fully saturated rings. The van der Waals surface area contributed by atoms with Crippen LogP contribution >= 0.6 is 12.2 Å². The van der Waals surface area contributed by atoms with E-state index in [0.29, 0.717) is 0 Å². The quantitative estimate of drug-likeness (QED) is 0.482. The molecule has 0 aliphatic carbocycles. The van der Waals surface area contributed by atoms with Gasteiger partial charge in [0.2, 0.25) is 5.69 Å². The number of anilines is 1. The average Bonchev–Trinajstić information content (AvgIpc) is 2.04. The fourth-order valence-electron chi connectivity index (χ4n) is 0.861. The molecule has 0 spiro atoms. The molecule has 4 nitrogen and oxygen atoms in total. The Balaban J connectivity index is 3.74. The summed E-state index contributed by atoms with van der Waals surface area (Å²) in [4.78, 5) is 5.62. The number of nitrogens with zero attached hydrogens (tertiary/aromatic N) is 2. The first-order valence-electron chi connectivity index (χ1n) is 3.20. The SMILES string of the molecule is [C-]#[N+]c1c(N)[nH]c(=S)c(C#N)c1[CH]. The molecular formula is C8H4N4S. The maximum Gasteiger partial charge on any atom is 0.230 e. The predicted molar refractivity (Wildman–Crippen MR) is 50.4 cm³/mol. The molecule has 0 saturated carbocycles. The zero-order valence-corrected chi connectivity index (χ0v) is 7.27. The summed E-state index contributed by atoms with van der Waals surface area (Å²) in [6.07, 6.45) is 0. The second kappa shape index (κ2) is 3.26. The number of hydrogen-bond donors (Lipinski definition) is 2. The molecule has 0 aliphatic rings. The lowest BCUT2D eigenvalue weighted by Crippen LogP contribution is -1.96. The summed E-state index contributed by atoms with van der Waals surface area (Å²) in [5.74, 6) is 0.0940. The number of nitrogens with two attached hydrogens (primary N) is 1. The molecule has 0 aliphatic heterocycles. The molecule has 13 heavy (non-hydrogen) atoms. The lowest BCUT2D eigenvalue weighted by molar-refractivity contribution is 1.27. The molecule has 0 amide bonds. The van der Waals surface area contributed by atoms with Crippen molar-refractivity contribution in [1.82, 2.24) is 4.98 Å². The van der Waals surface area contributed by atoms with Crippen LogP contribution < -0.4 is 5.73 Å². The Kier molecular flexibility index (Phi) is 2.32. The maximum atomic E-state index is 8.65. The smallest absolute Gasteiger partial charge is 0.230 e. The third-order valence-corrected chi connectivity index (χ3v) is 1.78. The Hall–Kier alpha value is -1.85. The maximum absolute atomic E-state index is 8.65. The van der Waals surface area contributed by atoms with Gasteiger partial charge in [0.15, 0.2) is 0 Å². The minimum absolute atomic E-state index is 0.0405. The van der Waals surface area contributed by atoms with Crippen molar-refractivity contribution in [3.63, 3.8) is 0 Å². The van der Waals surface area contributed by atoms with Crippen molar-refractivity contribution >= 4 is 23.7 Å². The first kappa shape index (κ1) is 9.24. The molecule has 2 radical (unpaired) electrons. The fraction of sp³-hybridized carbons (Fsp3) is 0. The van der Waals surface area contributed by atoms with Crippen LogP contribution in [0.3, 0.4) is 0 Å². The normalized spacial score (nSPS) is 8.85. The molecule has 0 atom stereocenters. The summed E-state index contributed by atoms with van der Waals surface area (Å²) in [5.41, 5.74) is 5.61. The monoisotopic (exact) mass is 188 g/mol. The summed E-state index contributed by atoms with van der Waals surface area (Å²) in [6.45, 7) is 12.3. The van der Waals surface area contributed by atoms with E-state index in [1.54, 1.807) is 6.07 Å². The van der Waals surface area contributed by atoms with E-state index >= 15 is 0 Å². The van der Waals surface area contributed by atoms with E-state index in [2.05, 4.69) is 9.83 Å². The number of nitriles is 1. The summed E-state index contributed by atoms with van der Waals surface area (Å²) in [7, 11) is 0. The highest BCUT2D eigenvalue weighted by Crippen LogP contribution is 2.27. The highest BCUT2D eigenvalue weighted by Gasteiger charge is 2.09. The Bertz CT molecular complexity index is 487. The van der Waals surface area contributed by atoms with Crippen LogP contribution in [0.4, 0.5) is 11.5 Å². The standard InChI is InChI=1S/C8H4N4S/c1-4-5(3-9)8(13)12-7(10)6(4)11-2/h1H,(H3,10,12,13). The van der Waals surface area contributed by atoms with Crippen LogP contribution in [0.15, 0.2) is 0 Å². The lowest BCUT2D eigenvalue weighted by atomic mass is 10.1. The number of pyridine rings is 1. The van der Waals surface area contributed by atoms with E-state index in [1.165, 1.54) is 0 Å². The Morgan fingerprint density at radius 3 is 2.77 bits per heavy atom. The minimum Gasteiger partial charge on any atom is -0.394 e. The first-order chi connectivity index (χ1) is 6.11. The van der Waals surface area contributed by atoms with Crippen LogP contribution in [0.5, 0.6) is 0 Å². The van der Waals surface area contributed by atoms with Crippen LogP contribution in [0.25, 0.3) is 4.85 Å². The molecule has 0 saturated heterocycles. The number of rotatable bonds is 0. The van der Waals surface area contributed by atoms with Crippen molar-refractivity contribution in [2.24, 2.45) is 0 Å². The van der Waals surface area contributed by atoms with E-state index in [1.807, 2.05) is 0 Å². The highest BCUT2D eigenvalue weighted by molar-refractivity contribution is 7.71. The van der Waals surface area contributed by atoms with Crippen molar-refractivity contribution in [2.75, 3.05) is 5.73 Å². The number of aromatic amines is 1. The zero-order chi connectivity index (χ0) is 10.0. The number of nitrogens with one attached hydrogen (secondary N) is 1. The van der Waals surface area contributed by atoms with Gasteiger partial charge < -0.3 is 10.7 Å². The van der Waals surface area contributed by atoms with Gasteiger partial charge in [0.1, 0.15) is 16.5 Å². The zero-order valence-electron chi connectivity index (χ0n) is 6.46. The predicted octanol–water partition coefficient (Wildman–Crippen LogP) is 1.81. The molecule has 62 valence electrons. The van der Waals surface area contributed by atoms with Crippen molar-refractivity contribution in [1.29, 1.82) is 5.26 Å². The van der Waals surface area contributed by atoms with Crippen LogP contribution in [0, 0.1) is 29.5 Å². The van der Waals surface area contributed by atoms with Gasteiger partial charge in [0, 0.05) is 0 Å². The third-order valence-electron chi connectivity index (χ3n) is 1.48. The number of hydrogen-bond acceptors (Lipinski definition) is 3. The van der Waals surface area contributed by atoms with Gasteiger partial charge in [-0.25, -0.2) is 4.85 Å². The molecule has 0 aromatic carbocycles. The van der Waals surface area contributed by atoms with Crippen LogP contribution in [0.2, 0.25) is 0 Å². The van der Waals surface area contributed by atoms with Gasteiger partial charge in [-0.1, -0.05) is 12.2 Å². The van der Waals surface area contributed by atoms with E-state index in [4.69, 9.17) is 36.7 Å². The van der Waals surface area contributed by atoms with E-state index in [0.717, 1.165) is 0 Å². The largest absolute Gasteiger partial charge is 0.394 e. The van der Waals surface area contributed by atoms with Gasteiger partial charge in [-0.15, -0.1) is 0 Å². The van der Waals surface area contributed by atoms with Gasteiger partial charge in [-0.2, -0.15) is 5.26 Å². The van der Waals surface area contributed by atoms with Gasteiger partial charge in [0.05, 0.1) is 12.1 Å². The van der Waals surface area contributed by atoms with Gasteiger partial charge in [-0.05, 0) is 12.5 Å². The van der Waals surface area contributed by atoms with E-state index in [9.17, 15) is 0 Å². The number of H-pyrrole nitrogens is 1. The molecule has 1 heterocycles. The molecule has 5 heteroatoms. The average molecular weight is 188 g/mol. The van der Waals surface area contributed by atoms with Crippen molar-refractivity contribution < 1.29 is 0 Å². The summed E-state index contributed by atoms with van der Waals surface area (Å²) >= 11 is 4.79. The summed E-state index contributed by atoms with van der Waals surface area (Å²) < 4.78 is 0.157.